The Morgan fingerprint density at radius 3 is 2.62 bits per heavy atom. The summed E-state index contributed by atoms with van der Waals surface area (Å²) in [5, 5.41) is 18.8. The Kier molecular flexibility index (Phi) is 7.54. The van der Waals surface area contributed by atoms with E-state index in [4.69, 9.17) is 14.6 Å². The van der Waals surface area contributed by atoms with Crippen molar-refractivity contribution >= 4 is 40.2 Å². The molecule has 0 aliphatic carbocycles. The van der Waals surface area contributed by atoms with Crippen LogP contribution in [-0.4, -0.2) is 81.9 Å². The summed E-state index contributed by atoms with van der Waals surface area (Å²) >= 11 is 0. The second-order valence-electron chi connectivity index (χ2n) is 9.76. The van der Waals surface area contributed by atoms with Crippen LogP contribution in [0.4, 0.5) is 35.2 Å². The monoisotopic (exact) mass is 550 g/mol. The molecule has 0 atom stereocenters. The second kappa shape index (κ2) is 10.6. The number of fused-ring (bicyclic) bond motifs is 2. The maximum atomic E-state index is 13.2. The van der Waals surface area contributed by atoms with Gasteiger partial charge in [-0.05, 0) is 32.4 Å². The number of carbonyl (C=O) groups is 2. The second-order valence-corrected chi connectivity index (χ2v) is 9.76. The van der Waals surface area contributed by atoms with Crippen molar-refractivity contribution in [2.45, 2.75) is 32.0 Å². The van der Waals surface area contributed by atoms with Gasteiger partial charge in [0.05, 0.1) is 7.11 Å². The highest BCUT2D eigenvalue weighted by Gasteiger charge is 2.38. The van der Waals surface area contributed by atoms with Crippen LogP contribution in [-0.2, 0) is 18.3 Å². The van der Waals surface area contributed by atoms with Crippen LogP contribution in [0.3, 0.4) is 0 Å². The summed E-state index contributed by atoms with van der Waals surface area (Å²) in [6.45, 7) is 7.76. The van der Waals surface area contributed by atoms with E-state index >= 15 is 0 Å². The number of rotatable bonds is 3. The molecule has 3 aromatic rings. The van der Waals surface area contributed by atoms with E-state index in [9.17, 15) is 18.0 Å². The molecule has 0 saturated carbocycles. The van der Waals surface area contributed by atoms with E-state index in [1.807, 2.05) is 19.3 Å². The van der Waals surface area contributed by atoms with Crippen LogP contribution < -0.4 is 25.2 Å². The first-order valence-electron chi connectivity index (χ1n) is 12.0. The lowest BCUT2D eigenvalue weighted by molar-refractivity contribution is -0.192. The minimum absolute atomic E-state index is 0.0402. The van der Waals surface area contributed by atoms with Crippen LogP contribution in [0.1, 0.15) is 19.4 Å². The van der Waals surface area contributed by atoms with Gasteiger partial charge >= 0.3 is 18.2 Å². The van der Waals surface area contributed by atoms with Crippen molar-refractivity contribution in [3.8, 4) is 5.88 Å². The molecule has 5 heterocycles. The van der Waals surface area contributed by atoms with Crippen LogP contribution in [0, 0.1) is 0 Å². The number of urea groups is 1. The van der Waals surface area contributed by atoms with Gasteiger partial charge in [-0.1, -0.05) is 0 Å². The number of methoxy groups -OCH3 is 1. The third kappa shape index (κ3) is 6.13. The van der Waals surface area contributed by atoms with Gasteiger partial charge in [0.15, 0.2) is 5.65 Å². The van der Waals surface area contributed by atoms with E-state index in [2.05, 4.69) is 50.5 Å². The van der Waals surface area contributed by atoms with Crippen molar-refractivity contribution in [2.75, 3.05) is 48.4 Å². The Hall–Kier alpha value is -4.14. The maximum Gasteiger partial charge on any atom is 0.490 e. The van der Waals surface area contributed by atoms with Crippen LogP contribution in [0.2, 0.25) is 0 Å². The van der Waals surface area contributed by atoms with Gasteiger partial charge in [-0.25, -0.2) is 14.6 Å². The number of hydrogen-bond donors (Lipinski definition) is 3. The minimum Gasteiger partial charge on any atom is -0.479 e. The number of carbonyl (C=O) groups excluding carboxylic acids is 1. The summed E-state index contributed by atoms with van der Waals surface area (Å²) < 4.78 is 38.8. The minimum atomic E-state index is -5.08. The molecule has 1 fully saturated rings. The molecule has 1 saturated heterocycles. The maximum absolute atomic E-state index is 13.2. The lowest BCUT2D eigenvalue weighted by Gasteiger charge is -2.41. The van der Waals surface area contributed by atoms with Crippen molar-refractivity contribution in [1.29, 1.82) is 0 Å². The predicted octanol–water partition coefficient (Wildman–Crippen LogP) is 2.79. The molecule has 2 aliphatic heterocycles. The number of pyridine rings is 2. The average Bonchev–Trinajstić information content (AvgIpc) is 3.44. The van der Waals surface area contributed by atoms with Gasteiger partial charge in [0, 0.05) is 67.8 Å². The SMILES string of the molecule is COc1nc2nn(C)cc2cc1NC(=O)N1CCc2c(N3CCNC(C)(C)C3)ccnc21.O=C(O)C(F)(F)F. The molecule has 2 amide bonds. The number of anilines is 3. The summed E-state index contributed by atoms with van der Waals surface area (Å²) in [7, 11) is 3.36. The number of hydrogen-bond acceptors (Lipinski definition) is 8. The Labute approximate surface area is 221 Å². The fourth-order valence-corrected chi connectivity index (χ4v) is 4.60. The highest BCUT2D eigenvalue weighted by molar-refractivity contribution is 6.04. The highest BCUT2D eigenvalue weighted by Crippen LogP contribution is 2.36. The Balaban J connectivity index is 0.000000448. The number of nitrogens with one attached hydrogen (secondary N) is 2. The quantitative estimate of drug-likeness (QED) is 0.450. The largest absolute Gasteiger partial charge is 0.490 e. The fraction of sp³-hybridized carbons (Fsp3) is 0.458. The summed E-state index contributed by atoms with van der Waals surface area (Å²) in [5.41, 5.74) is 3.40. The lowest BCUT2D eigenvalue weighted by atomic mass is 10.0. The number of amides is 2. The van der Waals surface area contributed by atoms with Crippen molar-refractivity contribution in [1.82, 2.24) is 25.1 Å². The van der Waals surface area contributed by atoms with E-state index in [1.54, 1.807) is 15.8 Å². The van der Waals surface area contributed by atoms with Crippen LogP contribution >= 0.6 is 0 Å². The number of aryl methyl sites for hydroxylation is 1. The molecule has 3 N–H and O–H groups in total. The number of carboxylic acid groups (broad SMARTS) is 1. The number of nitrogens with zero attached hydrogens (tertiary/aromatic N) is 6. The first-order valence-corrected chi connectivity index (χ1v) is 12.0. The van der Waals surface area contributed by atoms with Crippen molar-refractivity contribution < 1.29 is 32.6 Å². The highest BCUT2D eigenvalue weighted by atomic mass is 19.4. The van der Waals surface area contributed by atoms with E-state index in [0.29, 0.717) is 29.6 Å². The molecule has 210 valence electrons. The Morgan fingerprint density at radius 1 is 1.26 bits per heavy atom. The van der Waals surface area contributed by atoms with Crippen molar-refractivity contribution in [2.24, 2.45) is 7.05 Å². The first kappa shape index (κ1) is 27.9. The van der Waals surface area contributed by atoms with Gasteiger partial charge in [0.1, 0.15) is 11.5 Å². The molecule has 0 spiro atoms. The van der Waals surface area contributed by atoms with Crippen LogP contribution in [0.5, 0.6) is 5.88 Å². The van der Waals surface area contributed by atoms with Crippen LogP contribution in [0.15, 0.2) is 24.5 Å². The normalized spacial score (nSPS) is 16.4. The molecule has 0 bridgehead atoms. The van der Waals surface area contributed by atoms with Crippen LogP contribution in [0.25, 0.3) is 11.0 Å². The van der Waals surface area contributed by atoms with E-state index < -0.39 is 12.1 Å². The third-order valence-electron chi connectivity index (χ3n) is 6.26. The van der Waals surface area contributed by atoms with E-state index in [0.717, 1.165) is 42.7 Å². The first-order chi connectivity index (χ1) is 18.3. The summed E-state index contributed by atoms with van der Waals surface area (Å²) in [6, 6.07) is 3.64. The third-order valence-corrected chi connectivity index (χ3v) is 6.26. The number of aliphatic carboxylic acids is 1. The number of aromatic nitrogens is 4. The number of piperazine rings is 1. The number of ether oxygens (including phenoxy) is 1. The Morgan fingerprint density at radius 2 is 1.97 bits per heavy atom. The van der Waals surface area contributed by atoms with Crippen molar-refractivity contribution in [3.63, 3.8) is 0 Å². The number of halogens is 3. The summed E-state index contributed by atoms with van der Waals surface area (Å²) in [6.07, 6.45) is -0.669. The van der Waals surface area contributed by atoms with Gasteiger partial charge in [0.25, 0.3) is 0 Å². The van der Waals surface area contributed by atoms with E-state index in [1.165, 1.54) is 7.11 Å². The van der Waals surface area contributed by atoms with Gasteiger partial charge < -0.3 is 25.4 Å². The molecule has 0 unspecified atom stereocenters. The smallest absolute Gasteiger partial charge is 0.479 e. The molecule has 0 radical (unpaired) electrons. The fourth-order valence-electron chi connectivity index (χ4n) is 4.60. The molecular weight excluding hydrogens is 521 g/mol. The summed E-state index contributed by atoms with van der Waals surface area (Å²) in [5.74, 6) is -1.72. The van der Waals surface area contributed by atoms with Gasteiger partial charge in [-0.15, -0.1) is 0 Å². The zero-order chi connectivity index (χ0) is 28.5. The molecule has 15 heteroatoms. The molecular formula is C24H29F3N8O4. The predicted molar refractivity (Wildman–Crippen MR) is 137 cm³/mol. The standard InChI is InChI=1S/C22H28N8O2.C2HF3O2/c1-22(2)13-29(10-8-24-22)17-5-7-23-19-15(17)6-9-30(19)21(31)25-16-11-14-12-28(3)27-18(14)26-20(16)32-4;3-2(4,5)1(6)7/h5,7,11-12,24H,6,8-10,13H2,1-4H3,(H,25,31);(H,6,7). The molecule has 39 heavy (non-hydrogen) atoms. The average molecular weight is 551 g/mol. The molecule has 3 aromatic heterocycles. The van der Waals surface area contributed by atoms with Gasteiger partial charge in [0.2, 0.25) is 5.88 Å². The molecule has 2 aliphatic rings. The number of carboxylic acids is 1. The molecule has 0 aromatic carbocycles. The zero-order valence-electron chi connectivity index (χ0n) is 21.8. The molecule has 12 nitrogen and oxygen atoms in total. The van der Waals surface area contributed by atoms with Gasteiger partial charge in [-0.3, -0.25) is 9.58 Å². The Bertz CT molecular complexity index is 1390. The number of alkyl halides is 3. The lowest BCUT2D eigenvalue weighted by Crippen LogP contribution is -2.57. The van der Waals surface area contributed by atoms with E-state index in [-0.39, 0.29) is 11.6 Å². The van der Waals surface area contributed by atoms with Gasteiger partial charge in [-0.2, -0.15) is 23.3 Å². The summed E-state index contributed by atoms with van der Waals surface area (Å²) in [4.78, 5) is 35.2. The van der Waals surface area contributed by atoms with Crippen molar-refractivity contribution in [3.05, 3.63) is 30.1 Å². The molecule has 5 rings (SSSR count). The topological polar surface area (TPSA) is 138 Å². The zero-order valence-corrected chi connectivity index (χ0v) is 21.8.